The van der Waals surface area contributed by atoms with Crippen molar-refractivity contribution >= 4 is 44.6 Å². The number of aromatic nitrogens is 1. The number of nitrogens with two attached hydrogens (primary N) is 1. The number of para-hydroxylation sites is 1. The molecule has 0 atom stereocenters. The standard InChI is InChI=1S/C19H17N3O3S/c1-12-3-2-4-15-18(12)22-19(26-15)21-17(24)10-7-13-5-8-14(9-6-13)25-11-16(20)23/h2-10H,11H2,1H3,(H2,20,23)(H,21,22,24)/b10-7+. The smallest absolute Gasteiger partial charge is 0.255 e. The summed E-state index contributed by atoms with van der Waals surface area (Å²) in [6, 6.07) is 12.9. The molecule has 0 fully saturated rings. The van der Waals surface area contributed by atoms with Gasteiger partial charge in [0.1, 0.15) is 5.75 Å². The van der Waals surface area contributed by atoms with E-state index in [0.29, 0.717) is 10.9 Å². The molecule has 2 aromatic carbocycles. The van der Waals surface area contributed by atoms with Crippen molar-refractivity contribution in [2.75, 3.05) is 11.9 Å². The SMILES string of the molecule is Cc1cccc2sc(NC(=O)/C=C/c3ccc(OCC(N)=O)cc3)nc12. The predicted octanol–water partition coefficient (Wildman–Crippen LogP) is 3.12. The fourth-order valence-corrected chi connectivity index (χ4v) is 3.24. The van der Waals surface area contributed by atoms with Crippen LogP contribution in [-0.4, -0.2) is 23.4 Å². The topological polar surface area (TPSA) is 94.3 Å². The third kappa shape index (κ3) is 4.46. The largest absolute Gasteiger partial charge is 0.484 e. The number of nitrogens with zero attached hydrogens (tertiary/aromatic N) is 1. The van der Waals surface area contributed by atoms with Crippen molar-refractivity contribution in [3.8, 4) is 5.75 Å². The van der Waals surface area contributed by atoms with Gasteiger partial charge in [-0.1, -0.05) is 35.6 Å². The van der Waals surface area contributed by atoms with Gasteiger partial charge in [0, 0.05) is 6.08 Å². The Kier molecular flexibility index (Phi) is 5.28. The summed E-state index contributed by atoms with van der Waals surface area (Å²) in [7, 11) is 0. The molecule has 0 aliphatic rings. The number of benzene rings is 2. The van der Waals surface area contributed by atoms with E-state index in [9.17, 15) is 9.59 Å². The van der Waals surface area contributed by atoms with Crippen LogP contribution in [0.25, 0.3) is 16.3 Å². The second kappa shape index (κ2) is 7.79. The summed E-state index contributed by atoms with van der Waals surface area (Å²) in [6.45, 7) is 1.82. The van der Waals surface area contributed by atoms with Gasteiger partial charge in [-0.05, 0) is 42.3 Å². The van der Waals surface area contributed by atoms with Gasteiger partial charge < -0.3 is 10.5 Å². The molecule has 1 aromatic heterocycles. The maximum atomic E-state index is 12.1. The van der Waals surface area contributed by atoms with Crippen LogP contribution in [0, 0.1) is 6.92 Å². The summed E-state index contributed by atoms with van der Waals surface area (Å²) in [5.41, 5.74) is 7.83. The Balaban J connectivity index is 1.61. The highest BCUT2D eigenvalue weighted by Crippen LogP contribution is 2.27. The lowest BCUT2D eigenvalue weighted by Crippen LogP contribution is -2.19. The molecule has 2 amide bonds. The molecule has 3 rings (SSSR count). The van der Waals surface area contributed by atoms with E-state index in [1.54, 1.807) is 30.3 Å². The second-order valence-electron chi connectivity index (χ2n) is 5.59. The quantitative estimate of drug-likeness (QED) is 0.655. The molecule has 0 radical (unpaired) electrons. The molecule has 0 spiro atoms. The number of hydrogen-bond donors (Lipinski definition) is 2. The van der Waals surface area contributed by atoms with Gasteiger partial charge in [0.2, 0.25) is 5.91 Å². The van der Waals surface area contributed by atoms with Gasteiger partial charge in [-0.3, -0.25) is 14.9 Å². The van der Waals surface area contributed by atoms with Crippen molar-refractivity contribution < 1.29 is 14.3 Å². The number of primary amides is 1. The lowest BCUT2D eigenvalue weighted by atomic mass is 10.2. The highest BCUT2D eigenvalue weighted by atomic mass is 32.1. The van der Waals surface area contributed by atoms with Crippen LogP contribution in [0.1, 0.15) is 11.1 Å². The molecule has 0 saturated heterocycles. The molecule has 6 nitrogen and oxygen atoms in total. The van der Waals surface area contributed by atoms with Gasteiger partial charge in [0.25, 0.3) is 5.91 Å². The number of rotatable bonds is 6. The Morgan fingerprint density at radius 2 is 2.00 bits per heavy atom. The Labute approximate surface area is 154 Å². The average Bonchev–Trinajstić information content (AvgIpc) is 3.03. The van der Waals surface area contributed by atoms with Crippen LogP contribution in [0.4, 0.5) is 5.13 Å². The maximum Gasteiger partial charge on any atom is 0.255 e. The Morgan fingerprint density at radius 1 is 1.23 bits per heavy atom. The van der Waals surface area contributed by atoms with Crippen LogP contribution < -0.4 is 15.8 Å². The van der Waals surface area contributed by atoms with E-state index in [1.165, 1.54) is 17.4 Å². The number of carbonyl (C=O) groups excluding carboxylic acids is 2. The highest BCUT2D eigenvalue weighted by molar-refractivity contribution is 7.22. The number of fused-ring (bicyclic) bond motifs is 1. The summed E-state index contributed by atoms with van der Waals surface area (Å²) in [6.07, 6.45) is 3.13. The summed E-state index contributed by atoms with van der Waals surface area (Å²) in [5, 5.41) is 3.35. The van der Waals surface area contributed by atoms with Gasteiger partial charge in [0.15, 0.2) is 11.7 Å². The van der Waals surface area contributed by atoms with Gasteiger partial charge in [-0.25, -0.2) is 4.98 Å². The zero-order valence-electron chi connectivity index (χ0n) is 14.1. The minimum Gasteiger partial charge on any atom is -0.484 e. The van der Waals surface area contributed by atoms with E-state index in [0.717, 1.165) is 21.3 Å². The van der Waals surface area contributed by atoms with Crippen LogP contribution in [0.3, 0.4) is 0 Å². The number of hydrogen-bond acceptors (Lipinski definition) is 5. The van der Waals surface area contributed by atoms with E-state index in [1.807, 2.05) is 25.1 Å². The van der Waals surface area contributed by atoms with Crippen molar-refractivity contribution in [2.24, 2.45) is 5.73 Å². The Bertz CT molecular complexity index is 977. The monoisotopic (exact) mass is 367 g/mol. The van der Waals surface area contributed by atoms with Crippen molar-refractivity contribution in [3.63, 3.8) is 0 Å². The minimum atomic E-state index is -0.532. The van der Waals surface area contributed by atoms with Gasteiger partial charge >= 0.3 is 0 Å². The van der Waals surface area contributed by atoms with E-state index >= 15 is 0 Å². The first-order valence-electron chi connectivity index (χ1n) is 7.87. The van der Waals surface area contributed by atoms with E-state index in [2.05, 4.69) is 10.3 Å². The fourth-order valence-electron chi connectivity index (χ4n) is 2.29. The Morgan fingerprint density at radius 3 is 2.69 bits per heavy atom. The molecule has 26 heavy (non-hydrogen) atoms. The highest BCUT2D eigenvalue weighted by Gasteiger charge is 2.07. The Hall–Kier alpha value is -3.19. The molecule has 0 aliphatic heterocycles. The number of aryl methyl sites for hydroxylation is 1. The molecule has 0 aliphatic carbocycles. The van der Waals surface area contributed by atoms with Crippen LogP contribution in [0.2, 0.25) is 0 Å². The van der Waals surface area contributed by atoms with Crippen molar-refractivity contribution in [2.45, 2.75) is 6.92 Å². The summed E-state index contributed by atoms with van der Waals surface area (Å²) >= 11 is 1.44. The molecule has 1 heterocycles. The van der Waals surface area contributed by atoms with Gasteiger partial charge in [-0.15, -0.1) is 0 Å². The van der Waals surface area contributed by atoms with E-state index < -0.39 is 5.91 Å². The molecule has 3 aromatic rings. The lowest BCUT2D eigenvalue weighted by Gasteiger charge is -2.03. The molecular weight excluding hydrogens is 350 g/mol. The number of carbonyl (C=O) groups is 2. The van der Waals surface area contributed by atoms with Crippen molar-refractivity contribution in [1.29, 1.82) is 0 Å². The molecule has 0 bridgehead atoms. The third-order valence-electron chi connectivity index (χ3n) is 3.54. The lowest BCUT2D eigenvalue weighted by molar-refractivity contribution is -0.120. The van der Waals surface area contributed by atoms with Crippen LogP contribution in [0.15, 0.2) is 48.5 Å². The summed E-state index contributed by atoms with van der Waals surface area (Å²) < 4.78 is 6.22. The van der Waals surface area contributed by atoms with Gasteiger partial charge in [-0.2, -0.15) is 0 Å². The second-order valence-corrected chi connectivity index (χ2v) is 6.62. The molecule has 132 valence electrons. The van der Waals surface area contributed by atoms with Crippen LogP contribution in [-0.2, 0) is 9.59 Å². The first-order chi connectivity index (χ1) is 12.5. The number of ether oxygens (including phenoxy) is 1. The molecular formula is C19H17N3O3S. The number of thiazole rings is 1. The first kappa shape index (κ1) is 17.6. The normalized spacial score (nSPS) is 11.0. The maximum absolute atomic E-state index is 12.1. The van der Waals surface area contributed by atoms with Crippen LogP contribution in [0.5, 0.6) is 5.75 Å². The van der Waals surface area contributed by atoms with Crippen molar-refractivity contribution in [1.82, 2.24) is 4.98 Å². The van der Waals surface area contributed by atoms with Crippen molar-refractivity contribution in [3.05, 3.63) is 59.7 Å². The molecule has 0 unspecified atom stereocenters. The summed E-state index contributed by atoms with van der Waals surface area (Å²) in [5.74, 6) is -0.248. The van der Waals surface area contributed by atoms with E-state index in [-0.39, 0.29) is 12.5 Å². The number of anilines is 1. The predicted molar refractivity (Wildman–Crippen MR) is 103 cm³/mol. The third-order valence-corrected chi connectivity index (χ3v) is 4.48. The zero-order chi connectivity index (χ0) is 18.5. The molecule has 0 saturated carbocycles. The molecule has 7 heteroatoms. The average molecular weight is 367 g/mol. The number of nitrogens with one attached hydrogen (secondary N) is 1. The van der Waals surface area contributed by atoms with Crippen LogP contribution >= 0.6 is 11.3 Å². The zero-order valence-corrected chi connectivity index (χ0v) is 14.9. The molecule has 3 N–H and O–H groups in total. The number of amides is 2. The minimum absolute atomic E-state index is 0.167. The fraction of sp³-hybridized carbons (Fsp3) is 0.105. The summed E-state index contributed by atoms with van der Waals surface area (Å²) in [4.78, 5) is 27.2. The van der Waals surface area contributed by atoms with E-state index in [4.69, 9.17) is 10.5 Å². The van der Waals surface area contributed by atoms with Gasteiger partial charge in [0.05, 0.1) is 10.2 Å². The first-order valence-corrected chi connectivity index (χ1v) is 8.69.